The first kappa shape index (κ1) is 18.5. The summed E-state index contributed by atoms with van der Waals surface area (Å²) < 4.78 is 16.3. The van der Waals surface area contributed by atoms with Crippen LogP contribution in [0.15, 0.2) is 71.4 Å². The molecule has 2 N–H and O–H groups in total. The van der Waals surface area contributed by atoms with Gasteiger partial charge in [0.1, 0.15) is 18.2 Å². The Labute approximate surface area is 168 Å². The molecule has 3 heterocycles. The molecule has 146 valence electrons. The van der Waals surface area contributed by atoms with Crippen molar-refractivity contribution < 1.29 is 14.0 Å². The monoisotopic (exact) mass is 388 g/mol. The minimum absolute atomic E-state index is 0.371. The molecule has 0 aliphatic rings. The highest BCUT2D eigenvalue weighted by Gasteiger charge is 2.11. The van der Waals surface area contributed by atoms with Gasteiger partial charge in [0.25, 0.3) is 0 Å². The van der Waals surface area contributed by atoms with Crippen LogP contribution < -0.4 is 15.2 Å². The highest BCUT2D eigenvalue weighted by Crippen LogP contribution is 2.25. The van der Waals surface area contributed by atoms with Crippen LogP contribution in [-0.4, -0.2) is 22.2 Å². The van der Waals surface area contributed by atoms with E-state index in [4.69, 9.17) is 19.7 Å². The maximum Gasteiger partial charge on any atom is 0.213 e. The molecule has 0 unspecified atom stereocenters. The van der Waals surface area contributed by atoms with Crippen molar-refractivity contribution in [3.05, 3.63) is 83.8 Å². The van der Waals surface area contributed by atoms with Crippen LogP contribution in [0.5, 0.6) is 11.6 Å². The number of aromatic nitrogens is 3. The third-order valence-electron chi connectivity index (χ3n) is 4.35. The van der Waals surface area contributed by atoms with Gasteiger partial charge in [0, 0.05) is 24.8 Å². The summed E-state index contributed by atoms with van der Waals surface area (Å²) in [6, 6.07) is 19.0. The molecule has 0 saturated carbocycles. The number of nitrogen functional groups attached to an aromatic ring is 1. The van der Waals surface area contributed by atoms with E-state index in [9.17, 15) is 0 Å². The predicted octanol–water partition coefficient (Wildman–Crippen LogP) is 3.89. The van der Waals surface area contributed by atoms with Crippen molar-refractivity contribution in [1.29, 1.82) is 0 Å². The van der Waals surface area contributed by atoms with Crippen LogP contribution in [0, 0.1) is 0 Å². The summed E-state index contributed by atoms with van der Waals surface area (Å²) in [6.07, 6.45) is 2.28. The number of methoxy groups -OCH3 is 1. The van der Waals surface area contributed by atoms with E-state index in [1.54, 1.807) is 19.4 Å². The lowest BCUT2D eigenvalue weighted by atomic mass is 10.1. The van der Waals surface area contributed by atoms with E-state index >= 15 is 0 Å². The zero-order valence-corrected chi connectivity index (χ0v) is 15.9. The van der Waals surface area contributed by atoms with Gasteiger partial charge in [-0.15, -0.1) is 0 Å². The number of hydrogen-bond donors (Lipinski definition) is 1. The van der Waals surface area contributed by atoms with Crippen molar-refractivity contribution in [1.82, 2.24) is 15.1 Å². The molecule has 0 amide bonds. The fourth-order valence-electron chi connectivity index (χ4n) is 2.87. The summed E-state index contributed by atoms with van der Waals surface area (Å²) in [6.45, 7) is 0.371. The Bertz CT molecular complexity index is 1090. The van der Waals surface area contributed by atoms with Crippen LogP contribution in [0.3, 0.4) is 0 Å². The smallest absolute Gasteiger partial charge is 0.213 e. The third kappa shape index (κ3) is 4.52. The molecule has 4 aromatic rings. The lowest BCUT2D eigenvalue weighted by Crippen LogP contribution is -1.99. The quantitative estimate of drug-likeness (QED) is 0.513. The number of ether oxygens (including phenoxy) is 2. The van der Waals surface area contributed by atoms with Gasteiger partial charge in [0.15, 0.2) is 5.76 Å². The lowest BCUT2D eigenvalue weighted by molar-refractivity contribution is 0.298. The third-order valence-corrected chi connectivity index (χ3v) is 4.35. The van der Waals surface area contributed by atoms with Crippen molar-refractivity contribution in [2.75, 3.05) is 12.8 Å². The first-order chi connectivity index (χ1) is 14.2. The Kier molecular flexibility index (Phi) is 5.38. The van der Waals surface area contributed by atoms with Crippen LogP contribution in [0.2, 0.25) is 0 Å². The van der Waals surface area contributed by atoms with Crippen molar-refractivity contribution in [3.63, 3.8) is 0 Å². The zero-order valence-electron chi connectivity index (χ0n) is 15.9. The fraction of sp³-hybridized carbons (Fsp3) is 0.136. The number of nitrogens with two attached hydrogens (primary N) is 1. The number of benzene rings is 1. The largest absolute Gasteiger partial charge is 0.487 e. The number of nitrogens with zero attached hydrogens (tertiary/aromatic N) is 3. The minimum atomic E-state index is 0.371. The standard InChI is InChI=1S/C22H20N4O3/c1-27-21-6-2-4-16(25-21)14-28-18-9-7-15(8-10-18)12-17-13-20(29-26-17)19-5-3-11-24-22(19)23/h2-11,13H,12,14H2,1H3,(H2,23,24). The van der Waals surface area contributed by atoms with Gasteiger partial charge in [0.2, 0.25) is 5.88 Å². The summed E-state index contributed by atoms with van der Waals surface area (Å²) in [7, 11) is 1.59. The molecule has 0 radical (unpaired) electrons. The van der Waals surface area contributed by atoms with Gasteiger partial charge in [-0.05, 0) is 35.9 Å². The Morgan fingerprint density at radius 2 is 1.86 bits per heavy atom. The summed E-state index contributed by atoms with van der Waals surface area (Å²) in [5.41, 5.74) is 9.35. The van der Waals surface area contributed by atoms with E-state index in [1.165, 1.54) is 0 Å². The molecule has 0 bridgehead atoms. The van der Waals surface area contributed by atoms with Crippen molar-refractivity contribution in [2.45, 2.75) is 13.0 Å². The highest BCUT2D eigenvalue weighted by molar-refractivity contribution is 5.69. The van der Waals surface area contributed by atoms with Gasteiger partial charge in [0.05, 0.1) is 24.1 Å². The maximum atomic E-state index is 5.89. The molecule has 0 aliphatic carbocycles. The topological polar surface area (TPSA) is 96.3 Å². The summed E-state index contributed by atoms with van der Waals surface area (Å²) >= 11 is 0. The lowest BCUT2D eigenvalue weighted by Gasteiger charge is -2.07. The number of hydrogen-bond acceptors (Lipinski definition) is 7. The van der Waals surface area contributed by atoms with Crippen LogP contribution in [0.1, 0.15) is 17.0 Å². The van der Waals surface area contributed by atoms with Gasteiger partial charge < -0.3 is 19.7 Å². The Morgan fingerprint density at radius 1 is 1.00 bits per heavy atom. The molecule has 7 nitrogen and oxygen atoms in total. The maximum absolute atomic E-state index is 5.89. The molecule has 0 spiro atoms. The van der Waals surface area contributed by atoms with Crippen LogP contribution in [0.25, 0.3) is 11.3 Å². The van der Waals surface area contributed by atoms with Gasteiger partial charge in [-0.3, -0.25) is 0 Å². The Hall–Kier alpha value is -3.87. The van der Waals surface area contributed by atoms with Crippen molar-refractivity contribution >= 4 is 5.82 Å². The summed E-state index contributed by atoms with van der Waals surface area (Å²) in [5.74, 6) is 2.36. The number of pyridine rings is 2. The summed E-state index contributed by atoms with van der Waals surface area (Å²) in [4.78, 5) is 8.41. The molecule has 0 atom stereocenters. The Morgan fingerprint density at radius 3 is 2.66 bits per heavy atom. The zero-order chi connectivity index (χ0) is 20.1. The molecule has 7 heteroatoms. The normalized spacial score (nSPS) is 10.7. The van der Waals surface area contributed by atoms with Gasteiger partial charge in [-0.25, -0.2) is 9.97 Å². The van der Waals surface area contributed by atoms with E-state index in [1.807, 2.05) is 54.6 Å². The van der Waals surface area contributed by atoms with E-state index in [2.05, 4.69) is 15.1 Å². The van der Waals surface area contributed by atoms with E-state index in [0.29, 0.717) is 30.5 Å². The van der Waals surface area contributed by atoms with Crippen molar-refractivity contribution in [3.8, 4) is 23.0 Å². The fourth-order valence-corrected chi connectivity index (χ4v) is 2.87. The summed E-state index contributed by atoms with van der Waals surface area (Å²) in [5, 5.41) is 4.13. The van der Waals surface area contributed by atoms with Crippen molar-refractivity contribution in [2.24, 2.45) is 0 Å². The molecule has 1 aromatic carbocycles. The second-order valence-corrected chi connectivity index (χ2v) is 6.40. The molecule has 0 aliphatic heterocycles. The number of anilines is 1. The average Bonchev–Trinajstić information content (AvgIpc) is 3.22. The van der Waals surface area contributed by atoms with Crippen LogP contribution in [-0.2, 0) is 13.0 Å². The molecular formula is C22H20N4O3. The van der Waals surface area contributed by atoms with Crippen LogP contribution >= 0.6 is 0 Å². The molecule has 0 fully saturated rings. The predicted molar refractivity (Wildman–Crippen MR) is 109 cm³/mol. The first-order valence-electron chi connectivity index (χ1n) is 9.09. The van der Waals surface area contributed by atoms with Gasteiger partial charge >= 0.3 is 0 Å². The molecule has 4 rings (SSSR count). The van der Waals surface area contributed by atoms with Gasteiger partial charge in [-0.1, -0.05) is 23.4 Å². The number of rotatable bonds is 7. The van der Waals surface area contributed by atoms with E-state index < -0.39 is 0 Å². The minimum Gasteiger partial charge on any atom is -0.487 e. The first-order valence-corrected chi connectivity index (χ1v) is 9.09. The molecular weight excluding hydrogens is 368 g/mol. The van der Waals surface area contributed by atoms with E-state index in [0.717, 1.165) is 28.3 Å². The average molecular weight is 388 g/mol. The van der Waals surface area contributed by atoms with E-state index in [-0.39, 0.29) is 0 Å². The molecule has 3 aromatic heterocycles. The Balaban J connectivity index is 1.38. The molecule has 0 saturated heterocycles. The highest BCUT2D eigenvalue weighted by atomic mass is 16.5. The second-order valence-electron chi connectivity index (χ2n) is 6.40. The van der Waals surface area contributed by atoms with Crippen LogP contribution in [0.4, 0.5) is 5.82 Å². The van der Waals surface area contributed by atoms with Gasteiger partial charge in [-0.2, -0.15) is 0 Å². The second kappa shape index (κ2) is 8.43. The molecule has 29 heavy (non-hydrogen) atoms. The SMILES string of the molecule is COc1cccc(COc2ccc(Cc3cc(-c4cccnc4N)on3)cc2)n1.